The predicted octanol–water partition coefficient (Wildman–Crippen LogP) is 2.48. The molecule has 2 aromatic rings. The first-order valence-electron chi connectivity index (χ1n) is 4.51. The van der Waals surface area contributed by atoms with Crippen LogP contribution in [0.2, 0.25) is 0 Å². The van der Waals surface area contributed by atoms with E-state index in [0.29, 0.717) is 5.16 Å². The second kappa shape index (κ2) is 3.51. The summed E-state index contributed by atoms with van der Waals surface area (Å²) in [4.78, 5) is 13.5. The van der Waals surface area contributed by atoms with Crippen molar-refractivity contribution in [2.75, 3.05) is 0 Å². The van der Waals surface area contributed by atoms with Crippen LogP contribution >= 0.6 is 11.8 Å². The van der Waals surface area contributed by atoms with E-state index in [4.69, 9.17) is 4.42 Å². The first kappa shape index (κ1) is 8.67. The zero-order valence-corrected chi connectivity index (χ0v) is 8.57. The average molecular weight is 217 g/mol. The van der Waals surface area contributed by atoms with Crippen molar-refractivity contribution in [2.24, 2.45) is 4.99 Å². The number of hydrogen-bond donors (Lipinski definition) is 0. The first-order chi connectivity index (χ1) is 7.43. The molecule has 0 radical (unpaired) electrons. The molecule has 0 bridgehead atoms. The van der Waals surface area contributed by atoms with Gasteiger partial charge in [0, 0.05) is 25.0 Å². The topological polar surface area (TPSA) is 51.3 Å². The van der Waals surface area contributed by atoms with Gasteiger partial charge >= 0.3 is 0 Å². The van der Waals surface area contributed by atoms with Crippen molar-refractivity contribution < 1.29 is 4.42 Å². The smallest absolute Gasteiger partial charge is 0.192 e. The highest BCUT2D eigenvalue weighted by Crippen LogP contribution is 2.39. The van der Waals surface area contributed by atoms with E-state index in [0.717, 1.165) is 22.8 Å². The second-order valence-corrected chi connectivity index (χ2v) is 4.03. The summed E-state index contributed by atoms with van der Waals surface area (Å²) in [6, 6.07) is 1.79. The minimum atomic E-state index is 0.711. The number of rotatable bonds is 2. The highest BCUT2D eigenvalue weighted by atomic mass is 32.2. The molecule has 0 aliphatic carbocycles. The fourth-order valence-electron chi connectivity index (χ4n) is 1.38. The van der Waals surface area contributed by atoms with Crippen LogP contribution < -0.4 is 0 Å². The molecule has 5 heteroatoms. The molecule has 15 heavy (non-hydrogen) atoms. The maximum atomic E-state index is 5.38. The van der Waals surface area contributed by atoms with E-state index in [9.17, 15) is 0 Å². The van der Waals surface area contributed by atoms with Crippen molar-refractivity contribution in [3.8, 4) is 0 Å². The number of aromatic nitrogens is 2. The summed E-state index contributed by atoms with van der Waals surface area (Å²) in [7, 11) is 0. The van der Waals surface area contributed by atoms with Crippen molar-refractivity contribution in [3.05, 3.63) is 30.5 Å². The Morgan fingerprint density at radius 3 is 3.00 bits per heavy atom. The molecule has 3 rings (SSSR count). The molecule has 0 atom stereocenters. The van der Waals surface area contributed by atoms with Gasteiger partial charge in [0.2, 0.25) is 0 Å². The van der Waals surface area contributed by atoms with Crippen molar-refractivity contribution in [1.29, 1.82) is 0 Å². The number of fused-ring (bicyclic) bond motifs is 1. The van der Waals surface area contributed by atoms with Crippen molar-refractivity contribution in [3.63, 3.8) is 0 Å². The highest BCUT2D eigenvalue weighted by Gasteiger charge is 2.17. The molecule has 0 aromatic carbocycles. The molecular formula is C10H7N3OS. The zero-order valence-electron chi connectivity index (χ0n) is 7.75. The standard InChI is InChI=1S/C10H7N3OS/c1-3-12-10(13-4-1)15-8-6-14-7-2-5-11-9(7)8/h1,3-6H,2H2. The SMILES string of the molecule is C1=Nc2c(Sc3ncccn3)coc2C1. The molecule has 0 unspecified atom stereocenters. The molecule has 0 saturated carbocycles. The lowest BCUT2D eigenvalue weighted by atomic mass is 10.4. The summed E-state index contributed by atoms with van der Waals surface area (Å²) in [5, 5.41) is 0.711. The number of furan rings is 1. The fraction of sp³-hybridized carbons (Fsp3) is 0.100. The Morgan fingerprint density at radius 1 is 1.27 bits per heavy atom. The van der Waals surface area contributed by atoms with E-state index in [1.807, 2.05) is 6.21 Å². The maximum absolute atomic E-state index is 5.38. The molecule has 0 fully saturated rings. The van der Waals surface area contributed by atoms with Crippen LogP contribution in [0.15, 0.2) is 44.2 Å². The van der Waals surface area contributed by atoms with Crippen LogP contribution in [0.25, 0.3) is 0 Å². The third-order valence-electron chi connectivity index (χ3n) is 2.05. The average Bonchev–Trinajstić information content (AvgIpc) is 2.85. The first-order valence-corrected chi connectivity index (χ1v) is 5.33. The molecule has 2 aromatic heterocycles. The van der Waals surface area contributed by atoms with E-state index in [1.165, 1.54) is 11.8 Å². The summed E-state index contributed by atoms with van der Waals surface area (Å²) in [5.41, 5.74) is 0.924. The fourth-order valence-corrected chi connectivity index (χ4v) is 2.17. The summed E-state index contributed by atoms with van der Waals surface area (Å²) in [5.74, 6) is 0.924. The van der Waals surface area contributed by atoms with Crippen LogP contribution in [0.5, 0.6) is 0 Å². The Kier molecular flexibility index (Phi) is 2.03. The molecule has 1 aliphatic heterocycles. The third-order valence-corrected chi connectivity index (χ3v) is 2.95. The highest BCUT2D eigenvalue weighted by molar-refractivity contribution is 7.99. The van der Waals surface area contributed by atoms with Gasteiger partial charge in [-0.3, -0.25) is 4.99 Å². The minimum absolute atomic E-state index is 0.711. The lowest BCUT2D eigenvalue weighted by Crippen LogP contribution is -1.81. The molecule has 74 valence electrons. The summed E-state index contributed by atoms with van der Waals surface area (Å²) < 4.78 is 5.38. The van der Waals surface area contributed by atoms with Crippen LogP contribution in [0.3, 0.4) is 0 Å². The van der Waals surface area contributed by atoms with Gasteiger partial charge in [0.25, 0.3) is 0 Å². The molecule has 0 amide bonds. The second-order valence-electron chi connectivity index (χ2n) is 3.02. The Labute approximate surface area is 90.5 Å². The van der Waals surface area contributed by atoms with Gasteiger partial charge in [0.15, 0.2) is 5.16 Å². The van der Waals surface area contributed by atoms with Gasteiger partial charge in [-0.05, 0) is 17.8 Å². The Morgan fingerprint density at radius 2 is 2.13 bits per heavy atom. The van der Waals surface area contributed by atoms with Crippen LogP contribution in [-0.2, 0) is 6.42 Å². The molecule has 0 spiro atoms. The number of hydrogen-bond acceptors (Lipinski definition) is 5. The number of nitrogens with zero attached hydrogens (tertiary/aromatic N) is 3. The van der Waals surface area contributed by atoms with Crippen LogP contribution in [0, 0.1) is 0 Å². The van der Waals surface area contributed by atoms with E-state index in [-0.39, 0.29) is 0 Å². The largest absolute Gasteiger partial charge is 0.465 e. The van der Waals surface area contributed by atoms with Gasteiger partial charge in [-0.15, -0.1) is 0 Å². The monoisotopic (exact) mass is 217 g/mol. The van der Waals surface area contributed by atoms with E-state index in [1.54, 1.807) is 24.7 Å². The van der Waals surface area contributed by atoms with Gasteiger partial charge in [-0.1, -0.05) is 0 Å². The van der Waals surface area contributed by atoms with E-state index >= 15 is 0 Å². The summed E-state index contributed by atoms with van der Waals surface area (Å²) in [6.45, 7) is 0. The Balaban J connectivity index is 1.92. The van der Waals surface area contributed by atoms with Gasteiger partial charge in [-0.25, -0.2) is 9.97 Å². The Hall–Kier alpha value is -1.62. The van der Waals surface area contributed by atoms with Crippen LogP contribution in [0.4, 0.5) is 5.69 Å². The molecule has 1 aliphatic rings. The summed E-state index contributed by atoms with van der Waals surface area (Å²) >= 11 is 1.47. The van der Waals surface area contributed by atoms with Crippen molar-refractivity contribution in [2.45, 2.75) is 16.5 Å². The van der Waals surface area contributed by atoms with E-state index in [2.05, 4.69) is 15.0 Å². The van der Waals surface area contributed by atoms with E-state index < -0.39 is 0 Å². The zero-order chi connectivity index (χ0) is 10.1. The molecule has 4 nitrogen and oxygen atoms in total. The van der Waals surface area contributed by atoms with Gasteiger partial charge in [-0.2, -0.15) is 0 Å². The van der Waals surface area contributed by atoms with Gasteiger partial charge < -0.3 is 4.42 Å². The normalized spacial score (nSPS) is 13.1. The van der Waals surface area contributed by atoms with Gasteiger partial charge in [0.05, 0.1) is 4.90 Å². The summed E-state index contributed by atoms with van der Waals surface area (Å²) in [6.07, 6.45) is 7.79. The van der Waals surface area contributed by atoms with Crippen LogP contribution in [-0.4, -0.2) is 16.2 Å². The molecule has 0 saturated heterocycles. The molecule has 3 heterocycles. The Bertz CT molecular complexity index is 507. The lowest BCUT2D eigenvalue weighted by Gasteiger charge is -1.95. The lowest BCUT2D eigenvalue weighted by molar-refractivity contribution is 0.526. The van der Waals surface area contributed by atoms with Crippen molar-refractivity contribution in [1.82, 2.24) is 9.97 Å². The maximum Gasteiger partial charge on any atom is 0.192 e. The minimum Gasteiger partial charge on any atom is -0.465 e. The van der Waals surface area contributed by atoms with Gasteiger partial charge in [0.1, 0.15) is 17.7 Å². The molecule has 0 N–H and O–H groups in total. The quantitative estimate of drug-likeness (QED) is 0.725. The van der Waals surface area contributed by atoms with Crippen LogP contribution in [0.1, 0.15) is 5.76 Å². The predicted molar refractivity (Wildman–Crippen MR) is 56.7 cm³/mol. The third kappa shape index (κ3) is 1.55. The van der Waals surface area contributed by atoms with Crippen molar-refractivity contribution >= 4 is 23.7 Å². The molecular weight excluding hydrogens is 210 g/mol. The number of aliphatic imine (C=N–C) groups is 1.